The normalized spacial score (nSPS) is 25.2. The highest BCUT2D eigenvalue weighted by atomic mass is 19.1. The number of aromatic nitrogens is 2. The zero-order valence-electron chi connectivity index (χ0n) is 11.9. The average Bonchev–Trinajstić information content (AvgIpc) is 2.49. The van der Waals surface area contributed by atoms with Crippen molar-refractivity contribution < 1.29 is 11.9 Å². The molecule has 6 heteroatoms. The van der Waals surface area contributed by atoms with Gasteiger partial charge in [0.05, 0.1) is 8.78 Å². The van der Waals surface area contributed by atoms with Gasteiger partial charge < -0.3 is 4.90 Å². The molecule has 0 radical (unpaired) electrons. The second kappa shape index (κ2) is 4.27. The van der Waals surface area contributed by atoms with E-state index in [9.17, 15) is 9.18 Å². The van der Waals surface area contributed by atoms with E-state index < -0.39 is 24.6 Å². The van der Waals surface area contributed by atoms with Crippen LogP contribution < -0.4 is 4.90 Å². The number of anilines is 1. The van der Waals surface area contributed by atoms with Gasteiger partial charge in [0.1, 0.15) is 5.82 Å². The zero-order chi connectivity index (χ0) is 14.4. The summed E-state index contributed by atoms with van der Waals surface area (Å²) >= 11 is 0. The highest BCUT2D eigenvalue weighted by Gasteiger charge is 2.38. The van der Waals surface area contributed by atoms with Crippen LogP contribution in [0.1, 0.15) is 16.6 Å². The van der Waals surface area contributed by atoms with Crippen LogP contribution in [0.4, 0.5) is 15.0 Å². The van der Waals surface area contributed by atoms with Crippen molar-refractivity contribution in [1.82, 2.24) is 14.9 Å². The highest BCUT2D eigenvalue weighted by Crippen LogP contribution is 2.26. The van der Waals surface area contributed by atoms with Crippen LogP contribution >= 0.6 is 0 Å². The van der Waals surface area contributed by atoms with Crippen LogP contribution in [0.2, 0.25) is 0 Å². The van der Waals surface area contributed by atoms with Crippen LogP contribution in [0.5, 0.6) is 0 Å². The lowest BCUT2D eigenvalue weighted by atomic mass is 10.0. The fourth-order valence-corrected chi connectivity index (χ4v) is 1.74. The number of amides is 2. The Morgan fingerprint density at radius 2 is 2.35 bits per heavy atom. The third-order valence-electron chi connectivity index (χ3n) is 2.59. The van der Waals surface area contributed by atoms with Crippen LogP contribution in [-0.2, 0) is 0 Å². The summed E-state index contributed by atoms with van der Waals surface area (Å²) in [7, 11) is 1.38. The fraction of sp³-hybridized carbons (Fsp3) is 0.545. The van der Waals surface area contributed by atoms with Crippen molar-refractivity contribution in [3.8, 4) is 0 Å². The predicted molar refractivity (Wildman–Crippen MR) is 61.1 cm³/mol. The molecule has 1 aromatic rings. The Kier molecular flexibility index (Phi) is 2.34. The van der Waals surface area contributed by atoms with E-state index in [1.54, 1.807) is 13.8 Å². The molecule has 0 aromatic carbocycles. The summed E-state index contributed by atoms with van der Waals surface area (Å²) < 4.78 is 29.2. The highest BCUT2D eigenvalue weighted by molar-refractivity contribution is 5.93. The number of hydrogen-bond acceptors (Lipinski definition) is 3. The number of nitrogens with zero attached hydrogens (tertiary/aromatic N) is 4. The molecule has 2 heterocycles. The molecule has 1 fully saturated rings. The summed E-state index contributed by atoms with van der Waals surface area (Å²) in [5.74, 6) is -0.0775. The number of rotatable bonds is 2. The van der Waals surface area contributed by atoms with Gasteiger partial charge in [-0.1, -0.05) is 13.8 Å². The summed E-state index contributed by atoms with van der Waals surface area (Å²) in [6.45, 7) is 1.77. The SMILES string of the molecule is [2H]C1([2H])[C@H](C(C)C)N(c2ccnc(F)n2)C(=O)N1C. The molecular formula is C11H15FN4O. The van der Waals surface area contributed by atoms with Crippen LogP contribution in [0.3, 0.4) is 0 Å². The van der Waals surface area contributed by atoms with Crippen LogP contribution in [0.25, 0.3) is 0 Å². The second-order valence-corrected chi connectivity index (χ2v) is 4.21. The van der Waals surface area contributed by atoms with Crippen molar-refractivity contribution in [2.24, 2.45) is 5.92 Å². The minimum Gasteiger partial charge on any atom is -0.325 e. The first kappa shape index (κ1) is 9.32. The smallest absolute Gasteiger partial charge is 0.325 e. The Bertz CT molecular complexity index is 511. The Morgan fingerprint density at radius 1 is 1.65 bits per heavy atom. The molecule has 0 unspecified atom stereocenters. The van der Waals surface area contributed by atoms with E-state index in [1.165, 1.54) is 24.2 Å². The van der Waals surface area contributed by atoms with Crippen LogP contribution in [0, 0.1) is 12.0 Å². The quantitative estimate of drug-likeness (QED) is 0.736. The third kappa shape index (κ3) is 2.07. The average molecular weight is 240 g/mol. The Balaban J connectivity index is 2.51. The molecular weight excluding hydrogens is 223 g/mol. The van der Waals surface area contributed by atoms with Crippen molar-refractivity contribution in [3.63, 3.8) is 0 Å². The lowest BCUT2D eigenvalue weighted by molar-refractivity contribution is 0.229. The van der Waals surface area contributed by atoms with E-state index in [1.807, 2.05) is 0 Å². The van der Waals surface area contributed by atoms with Gasteiger partial charge in [0.15, 0.2) is 0 Å². The molecule has 17 heavy (non-hydrogen) atoms. The van der Waals surface area contributed by atoms with Crippen molar-refractivity contribution in [2.45, 2.75) is 19.9 Å². The molecule has 1 atom stereocenters. The number of carbonyl (C=O) groups excluding carboxylic acids is 1. The van der Waals surface area contributed by atoms with Crippen molar-refractivity contribution in [1.29, 1.82) is 0 Å². The van der Waals surface area contributed by atoms with E-state index >= 15 is 0 Å². The van der Waals surface area contributed by atoms with E-state index in [-0.39, 0.29) is 11.7 Å². The first-order valence-corrected chi connectivity index (χ1v) is 5.32. The monoisotopic (exact) mass is 240 g/mol. The van der Waals surface area contributed by atoms with Gasteiger partial charge in [-0.2, -0.15) is 9.37 Å². The molecule has 92 valence electrons. The molecule has 1 aliphatic heterocycles. The van der Waals surface area contributed by atoms with Gasteiger partial charge in [-0.3, -0.25) is 4.90 Å². The minimum atomic E-state index is -1.84. The van der Waals surface area contributed by atoms with Gasteiger partial charge in [-0.25, -0.2) is 9.78 Å². The maximum Gasteiger partial charge on any atom is 0.325 e. The molecule has 0 N–H and O–H groups in total. The standard InChI is InChI=1S/C11H15FN4O/c1-7(2)8-6-15(3)11(17)16(8)9-4-5-13-10(12)14-9/h4-5,7-8H,6H2,1-3H3/t8-/m1/s1/i6D2. The van der Waals surface area contributed by atoms with Crippen molar-refractivity contribution in [3.05, 3.63) is 18.3 Å². The van der Waals surface area contributed by atoms with Crippen molar-refractivity contribution >= 4 is 11.8 Å². The van der Waals surface area contributed by atoms with Gasteiger partial charge in [-0.15, -0.1) is 0 Å². The van der Waals surface area contributed by atoms with Gasteiger partial charge in [0.2, 0.25) is 0 Å². The van der Waals surface area contributed by atoms with Gasteiger partial charge >= 0.3 is 12.1 Å². The molecule has 0 saturated carbocycles. The third-order valence-corrected chi connectivity index (χ3v) is 2.59. The fourth-order valence-electron chi connectivity index (χ4n) is 1.74. The number of urea groups is 1. The summed E-state index contributed by atoms with van der Waals surface area (Å²) in [5, 5.41) is 0. The summed E-state index contributed by atoms with van der Waals surface area (Å²) in [4.78, 5) is 21.3. The van der Waals surface area contributed by atoms with E-state index in [2.05, 4.69) is 9.97 Å². The van der Waals surface area contributed by atoms with Crippen LogP contribution in [-0.4, -0.2) is 40.5 Å². The Hall–Kier alpha value is -1.72. The predicted octanol–water partition coefficient (Wildman–Crippen LogP) is 1.51. The lowest BCUT2D eigenvalue weighted by Crippen LogP contribution is -2.38. The maximum atomic E-state index is 13.1. The molecule has 0 spiro atoms. The van der Waals surface area contributed by atoms with Gasteiger partial charge in [-0.05, 0) is 12.0 Å². The number of halogens is 1. The molecule has 1 aliphatic rings. The maximum absolute atomic E-state index is 13.1. The van der Waals surface area contributed by atoms with E-state index in [0.29, 0.717) is 0 Å². The van der Waals surface area contributed by atoms with E-state index in [0.717, 1.165) is 4.90 Å². The molecule has 2 amide bonds. The van der Waals surface area contributed by atoms with Crippen molar-refractivity contribution in [2.75, 3.05) is 18.4 Å². The molecule has 1 aromatic heterocycles. The summed E-state index contributed by atoms with van der Waals surface area (Å²) in [5.41, 5.74) is 0. The first-order chi connectivity index (χ1) is 8.76. The largest absolute Gasteiger partial charge is 0.325 e. The second-order valence-electron chi connectivity index (χ2n) is 4.21. The number of hydrogen-bond donors (Lipinski definition) is 0. The zero-order valence-corrected chi connectivity index (χ0v) is 9.88. The molecule has 0 aliphatic carbocycles. The van der Waals surface area contributed by atoms with Gasteiger partial charge in [0, 0.05) is 19.7 Å². The molecule has 5 nitrogen and oxygen atoms in total. The topological polar surface area (TPSA) is 49.3 Å². The summed E-state index contributed by atoms with van der Waals surface area (Å²) in [6.07, 6.45) is 0.263. The number of likely N-dealkylation sites (N-methyl/N-ethyl adjacent to an activating group) is 1. The lowest BCUT2D eigenvalue weighted by Gasteiger charge is -2.24. The molecule has 2 rings (SSSR count). The van der Waals surface area contributed by atoms with E-state index in [4.69, 9.17) is 2.74 Å². The number of carbonyl (C=O) groups is 1. The Morgan fingerprint density at radius 3 is 2.94 bits per heavy atom. The van der Waals surface area contributed by atoms with Gasteiger partial charge in [0.25, 0.3) is 0 Å². The summed E-state index contributed by atoms with van der Waals surface area (Å²) in [6, 6.07) is 0.118. The first-order valence-electron chi connectivity index (χ1n) is 6.32. The molecule has 1 saturated heterocycles. The van der Waals surface area contributed by atoms with Crippen LogP contribution in [0.15, 0.2) is 12.3 Å². The minimum absolute atomic E-state index is 0.0735. The molecule has 0 bridgehead atoms. The Labute approximate surface area is 102 Å².